The van der Waals surface area contributed by atoms with E-state index in [2.05, 4.69) is 4.72 Å². The average Bonchev–Trinajstić information content (AvgIpc) is 2.46. The lowest BCUT2D eigenvalue weighted by Gasteiger charge is -2.09. The molecule has 0 spiro atoms. The Hall–Kier alpha value is -1.45. The van der Waals surface area contributed by atoms with Crippen molar-refractivity contribution in [3.63, 3.8) is 0 Å². The normalized spacial score (nSPS) is 12.3. The molecule has 0 amide bonds. The van der Waals surface area contributed by atoms with Crippen molar-refractivity contribution in [1.82, 2.24) is 4.72 Å². The van der Waals surface area contributed by atoms with Gasteiger partial charge in [0.25, 0.3) is 0 Å². The molecule has 2 aromatic carbocycles. The fourth-order valence-electron chi connectivity index (χ4n) is 2.08. The van der Waals surface area contributed by atoms with Crippen LogP contribution in [0.1, 0.15) is 11.1 Å². The quantitative estimate of drug-likeness (QED) is 0.786. The molecule has 6 nitrogen and oxygen atoms in total. The highest BCUT2D eigenvalue weighted by Gasteiger charge is 2.17. The molecule has 0 radical (unpaired) electrons. The lowest BCUT2D eigenvalue weighted by molar-refractivity contribution is 0.581. The Labute approximate surface area is 146 Å². The van der Waals surface area contributed by atoms with E-state index in [0.717, 1.165) is 11.1 Å². The van der Waals surface area contributed by atoms with Crippen LogP contribution in [0.4, 0.5) is 0 Å². The molecule has 0 bridgehead atoms. The van der Waals surface area contributed by atoms with Crippen molar-refractivity contribution in [3.05, 3.63) is 58.6 Å². The van der Waals surface area contributed by atoms with Crippen LogP contribution in [0, 0.1) is 6.92 Å². The Morgan fingerprint density at radius 1 is 1.04 bits per heavy atom. The highest BCUT2D eigenvalue weighted by atomic mass is 35.5. The molecule has 24 heavy (non-hydrogen) atoms. The molecule has 3 N–H and O–H groups in total. The SMILES string of the molecule is Cc1ccc(S(=O)(=O)NCCc2ccc(S(N)(=O)=O)cc2)c(Cl)c1. The third-order valence-corrected chi connectivity index (χ3v) is 6.21. The number of halogens is 1. The summed E-state index contributed by atoms with van der Waals surface area (Å²) in [4.78, 5) is 0.0395. The van der Waals surface area contributed by atoms with E-state index >= 15 is 0 Å². The summed E-state index contributed by atoms with van der Waals surface area (Å²) in [6, 6.07) is 10.7. The van der Waals surface area contributed by atoms with Crippen LogP contribution in [0.3, 0.4) is 0 Å². The minimum Gasteiger partial charge on any atom is -0.225 e. The standard InChI is InChI=1S/C15H17ClN2O4S2/c1-11-2-7-15(14(16)10-11)24(21,22)18-9-8-12-3-5-13(6-4-12)23(17,19)20/h2-7,10,18H,8-9H2,1H3,(H2,17,19,20). The van der Waals surface area contributed by atoms with Gasteiger partial charge in [-0.05, 0) is 48.7 Å². The topological polar surface area (TPSA) is 106 Å². The molecule has 0 heterocycles. The monoisotopic (exact) mass is 388 g/mol. The zero-order chi connectivity index (χ0) is 18.0. The van der Waals surface area contributed by atoms with Crippen molar-refractivity contribution in [1.29, 1.82) is 0 Å². The van der Waals surface area contributed by atoms with Crippen LogP contribution in [0.2, 0.25) is 5.02 Å². The van der Waals surface area contributed by atoms with Crippen molar-refractivity contribution in [2.45, 2.75) is 23.1 Å². The fourth-order valence-corrected chi connectivity index (χ4v) is 4.22. The number of nitrogens with two attached hydrogens (primary N) is 1. The maximum Gasteiger partial charge on any atom is 0.242 e. The first-order valence-corrected chi connectivity index (χ1v) is 10.4. The number of primary sulfonamides is 1. The summed E-state index contributed by atoms with van der Waals surface area (Å²) in [6.07, 6.45) is 0.396. The van der Waals surface area contributed by atoms with Gasteiger partial charge in [0.1, 0.15) is 4.90 Å². The Kier molecular flexibility index (Phi) is 5.67. The Balaban J connectivity index is 2.03. The molecule has 0 saturated carbocycles. The average molecular weight is 389 g/mol. The van der Waals surface area contributed by atoms with Crippen molar-refractivity contribution in [2.24, 2.45) is 5.14 Å². The summed E-state index contributed by atoms with van der Waals surface area (Å²) in [5.41, 5.74) is 1.65. The Morgan fingerprint density at radius 3 is 2.21 bits per heavy atom. The van der Waals surface area contributed by atoms with Crippen molar-refractivity contribution in [3.8, 4) is 0 Å². The number of hydrogen-bond acceptors (Lipinski definition) is 4. The first-order chi connectivity index (χ1) is 11.1. The minimum absolute atomic E-state index is 0.0123. The molecule has 0 saturated heterocycles. The summed E-state index contributed by atoms with van der Waals surface area (Å²) in [7, 11) is -7.44. The van der Waals surface area contributed by atoms with E-state index in [9.17, 15) is 16.8 Å². The van der Waals surface area contributed by atoms with Crippen LogP contribution in [-0.2, 0) is 26.5 Å². The van der Waals surface area contributed by atoms with Gasteiger partial charge in [0, 0.05) is 6.54 Å². The third kappa shape index (κ3) is 4.78. The largest absolute Gasteiger partial charge is 0.242 e. The van der Waals surface area contributed by atoms with Crippen LogP contribution >= 0.6 is 11.6 Å². The fraction of sp³-hybridized carbons (Fsp3) is 0.200. The molecule has 2 rings (SSSR count). The van der Waals surface area contributed by atoms with Crippen LogP contribution in [0.25, 0.3) is 0 Å². The summed E-state index contributed by atoms with van der Waals surface area (Å²) >= 11 is 5.98. The molecule has 2 aromatic rings. The van der Waals surface area contributed by atoms with Gasteiger partial charge in [-0.15, -0.1) is 0 Å². The van der Waals surface area contributed by atoms with Crippen LogP contribution in [0.15, 0.2) is 52.3 Å². The molecule has 0 aliphatic carbocycles. The summed E-state index contributed by atoms with van der Waals surface area (Å²) in [6.45, 7) is 1.97. The molecule has 0 aromatic heterocycles. The Morgan fingerprint density at radius 2 is 1.67 bits per heavy atom. The lowest BCUT2D eigenvalue weighted by Crippen LogP contribution is -2.26. The van der Waals surface area contributed by atoms with Gasteiger partial charge in [-0.1, -0.05) is 29.8 Å². The van der Waals surface area contributed by atoms with Crippen LogP contribution in [0.5, 0.6) is 0 Å². The molecule has 0 aliphatic rings. The number of sulfonamides is 2. The predicted molar refractivity (Wildman–Crippen MR) is 92.9 cm³/mol. The first kappa shape index (κ1) is 18.9. The van der Waals surface area contributed by atoms with Gasteiger partial charge >= 0.3 is 0 Å². The molecule has 0 aliphatic heterocycles. The second-order valence-corrected chi connectivity index (χ2v) is 8.97. The maximum absolute atomic E-state index is 12.2. The van der Waals surface area contributed by atoms with Crippen molar-refractivity contribution < 1.29 is 16.8 Å². The van der Waals surface area contributed by atoms with E-state index < -0.39 is 20.0 Å². The van der Waals surface area contributed by atoms with Crippen LogP contribution < -0.4 is 9.86 Å². The van der Waals surface area contributed by atoms with Crippen molar-refractivity contribution in [2.75, 3.05) is 6.54 Å². The summed E-state index contributed by atoms with van der Waals surface area (Å²) in [5.74, 6) is 0. The maximum atomic E-state index is 12.2. The van der Waals surface area contributed by atoms with Gasteiger partial charge in [0.15, 0.2) is 0 Å². The van der Waals surface area contributed by atoms with E-state index in [1.54, 1.807) is 24.3 Å². The van der Waals surface area contributed by atoms with E-state index in [0.29, 0.717) is 6.42 Å². The lowest BCUT2D eigenvalue weighted by atomic mass is 10.2. The molecular formula is C15H17ClN2O4S2. The zero-order valence-electron chi connectivity index (χ0n) is 12.9. The van der Waals surface area contributed by atoms with Gasteiger partial charge < -0.3 is 0 Å². The highest BCUT2D eigenvalue weighted by molar-refractivity contribution is 7.89. The molecule has 130 valence electrons. The van der Waals surface area contributed by atoms with Gasteiger partial charge in [0.2, 0.25) is 20.0 Å². The second kappa shape index (κ2) is 7.20. The van der Waals surface area contributed by atoms with E-state index in [1.165, 1.54) is 18.2 Å². The molecular weight excluding hydrogens is 372 g/mol. The predicted octanol–water partition coefficient (Wildman–Crippen LogP) is 1.82. The van der Waals surface area contributed by atoms with Crippen molar-refractivity contribution >= 4 is 31.6 Å². The van der Waals surface area contributed by atoms with E-state index in [-0.39, 0.29) is 21.4 Å². The van der Waals surface area contributed by atoms with Gasteiger partial charge in [0.05, 0.1) is 9.92 Å². The molecule has 0 atom stereocenters. The highest BCUT2D eigenvalue weighted by Crippen LogP contribution is 2.22. The van der Waals surface area contributed by atoms with Gasteiger partial charge in [-0.25, -0.2) is 26.7 Å². The number of nitrogens with one attached hydrogen (secondary N) is 1. The van der Waals surface area contributed by atoms with Gasteiger partial charge in [-0.2, -0.15) is 0 Å². The number of aryl methyl sites for hydroxylation is 1. The zero-order valence-corrected chi connectivity index (χ0v) is 15.2. The van der Waals surface area contributed by atoms with E-state index in [4.69, 9.17) is 16.7 Å². The smallest absolute Gasteiger partial charge is 0.225 e. The molecule has 0 unspecified atom stereocenters. The van der Waals surface area contributed by atoms with Gasteiger partial charge in [-0.3, -0.25) is 0 Å². The molecule has 9 heteroatoms. The first-order valence-electron chi connectivity index (χ1n) is 6.97. The number of hydrogen-bond donors (Lipinski definition) is 2. The second-order valence-electron chi connectivity index (χ2n) is 5.27. The molecule has 0 fully saturated rings. The summed E-state index contributed by atoms with van der Waals surface area (Å²) in [5, 5.41) is 5.19. The number of benzene rings is 2. The third-order valence-electron chi connectivity index (χ3n) is 3.33. The Bertz CT molecular complexity index is 940. The van der Waals surface area contributed by atoms with E-state index in [1.807, 2.05) is 6.92 Å². The number of rotatable bonds is 6. The minimum atomic E-state index is -3.73. The summed E-state index contributed by atoms with van der Waals surface area (Å²) < 4.78 is 49.3. The van der Waals surface area contributed by atoms with Crippen LogP contribution in [-0.4, -0.2) is 23.4 Å².